The maximum absolute atomic E-state index is 11.3. The maximum Gasteiger partial charge on any atom is 0.227 e. The van der Waals surface area contributed by atoms with Gasteiger partial charge in [-0.05, 0) is 32.0 Å². The van der Waals surface area contributed by atoms with Crippen LogP contribution in [0.3, 0.4) is 0 Å². The normalized spacial score (nSPS) is 17.2. The van der Waals surface area contributed by atoms with Crippen molar-refractivity contribution < 1.29 is 9.90 Å². The minimum absolute atomic E-state index is 0.175. The number of benzene rings is 1. The lowest BCUT2D eigenvalue weighted by Gasteiger charge is -2.21. The molecule has 6 nitrogen and oxygen atoms in total. The van der Waals surface area contributed by atoms with Crippen molar-refractivity contribution in [2.24, 2.45) is 0 Å². The fourth-order valence-electron chi connectivity index (χ4n) is 2.61. The zero-order valence-electron chi connectivity index (χ0n) is 13.4. The van der Waals surface area contributed by atoms with Crippen molar-refractivity contribution in [3.8, 4) is 5.75 Å². The lowest BCUT2D eigenvalue weighted by atomic mass is 10.3. The van der Waals surface area contributed by atoms with E-state index in [0.29, 0.717) is 11.6 Å². The van der Waals surface area contributed by atoms with Crippen LogP contribution in [0, 0.1) is 0 Å². The summed E-state index contributed by atoms with van der Waals surface area (Å²) in [6, 6.07) is 8.61. The van der Waals surface area contributed by atoms with Gasteiger partial charge in [-0.1, -0.05) is 17.8 Å². The number of nitrogens with one attached hydrogen (secondary N) is 1. The van der Waals surface area contributed by atoms with Gasteiger partial charge in [0.25, 0.3) is 0 Å². The van der Waals surface area contributed by atoms with E-state index >= 15 is 0 Å². The third-order valence-electron chi connectivity index (χ3n) is 3.75. The molecule has 0 bridgehead atoms. The number of aromatic hydroxyl groups is 1. The number of phenols is 1. The van der Waals surface area contributed by atoms with E-state index < -0.39 is 0 Å². The number of phenolic OH excluding ortho intramolecular Hbond substituents is 1. The van der Waals surface area contributed by atoms with E-state index in [1.54, 1.807) is 24.4 Å². The SMILES string of the molecule is CCN1C(C)=C(c2ccnc(Nc3cccc(O)c3)n2)SC1C=O. The molecule has 1 aliphatic rings. The van der Waals surface area contributed by atoms with Crippen LogP contribution in [0.4, 0.5) is 11.6 Å². The van der Waals surface area contributed by atoms with Gasteiger partial charge < -0.3 is 20.1 Å². The summed E-state index contributed by atoms with van der Waals surface area (Å²) in [6.07, 6.45) is 2.64. The molecule has 0 spiro atoms. The quantitative estimate of drug-likeness (QED) is 0.808. The highest BCUT2D eigenvalue weighted by Crippen LogP contribution is 2.42. The van der Waals surface area contributed by atoms with Crippen LogP contribution >= 0.6 is 11.8 Å². The first kappa shape index (κ1) is 16.3. The number of anilines is 2. The Morgan fingerprint density at radius 2 is 2.25 bits per heavy atom. The molecule has 0 aliphatic carbocycles. The molecule has 0 amide bonds. The second-order valence-corrected chi connectivity index (χ2v) is 6.41. The molecule has 1 aliphatic heterocycles. The number of nitrogens with zero attached hydrogens (tertiary/aromatic N) is 3. The van der Waals surface area contributed by atoms with Crippen molar-refractivity contribution in [2.45, 2.75) is 19.2 Å². The van der Waals surface area contributed by atoms with Crippen molar-refractivity contribution in [2.75, 3.05) is 11.9 Å². The Labute approximate surface area is 144 Å². The van der Waals surface area contributed by atoms with E-state index in [1.165, 1.54) is 11.8 Å². The van der Waals surface area contributed by atoms with E-state index in [9.17, 15) is 9.90 Å². The van der Waals surface area contributed by atoms with E-state index in [-0.39, 0.29) is 11.1 Å². The fourth-order valence-corrected chi connectivity index (χ4v) is 3.87. The number of thioether (sulfide) groups is 1. The first-order chi connectivity index (χ1) is 11.6. The van der Waals surface area contributed by atoms with Crippen LogP contribution < -0.4 is 5.32 Å². The van der Waals surface area contributed by atoms with Crippen LogP contribution in [0.25, 0.3) is 4.91 Å². The smallest absolute Gasteiger partial charge is 0.227 e. The van der Waals surface area contributed by atoms with Crippen molar-refractivity contribution in [3.05, 3.63) is 47.9 Å². The Morgan fingerprint density at radius 1 is 1.42 bits per heavy atom. The molecule has 24 heavy (non-hydrogen) atoms. The second-order valence-electron chi connectivity index (χ2n) is 5.29. The average molecular weight is 342 g/mol. The van der Waals surface area contributed by atoms with Crippen molar-refractivity contribution in [1.82, 2.24) is 14.9 Å². The van der Waals surface area contributed by atoms with Gasteiger partial charge in [-0.2, -0.15) is 0 Å². The Hall–Kier alpha value is -2.54. The summed E-state index contributed by atoms with van der Waals surface area (Å²) in [4.78, 5) is 23.1. The summed E-state index contributed by atoms with van der Waals surface area (Å²) < 4.78 is 0. The molecule has 2 heterocycles. The van der Waals surface area contributed by atoms with Crippen LogP contribution in [-0.4, -0.2) is 38.2 Å². The molecule has 0 saturated carbocycles. The average Bonchev–Trinajstić information content (AvgIpc) is 2.91. The van der Waals surface area contributed by atoms with Gasteiger partial charge in [0.2, 0.25) is 5.95 Å². The van der Waals surface area contributed by atoms with Gasteiger partial charge in [0.15, 0.2) is 6.29 Å². The topological polar surface area (TPSA) is 78.3 Å². The van der Waals surface area contributed by atoms with E-state index in [2.05, 4.69) is 20.2 Å². The van der Waals surface area contributed by atoms with Gasteiger partial charge in [0, 0.05) is 30.2 Å². The minimum Gasteiger partial charge on any atom is -0.508 e. The van der Waals surface area contributed by atoms with Crippen LogP contribution in [-0.2, 0) is 4.79 Å². The summed E-state index contributed by atoms with van der Waals surface area (Å²) in [5.74, 6) is 0.616. The van der Waals surface area contributed by atoms with Gasteiger partial charge in [-0.25, -0.2) is 9.97 Å². The van der Waals surface area contributed by atoms with Crippen molar-refractivity contribution in [1.29, 1.82) is 0 Å². The summed E-state index contributed by atoms with van der Waals surface area (Å²) in [6.45, 7) is 4.79. The lowest BCUT2D eigenvalue weighted by Crippen LogP contribution is -2.28. The van der Waals surface area contributed by atoms with E-state index in [4.69, 9.17) is 0 Å². The molecule has 0 radical (unpaired) electrons. The zero-order valence-corrected chi connectivity index (χ0v) is 14.2. The third kappa shape index (κ3) is 3.21. The number of hydrogen-bond acceptors (Lipinski definition) is 7. The van der Waals surface area contributed by atoms with E-state index in [1.807, 2.05) is 26.0 Å². The molecule has 124 valence electrons. The fraction of sp³-hybridized carbons (Fsp3) is 0.235. The Morgan fingerprint density at radius 3 is 2.92 bits per heavy atom. The number of carbonyl (C=O) groups is 1. The Bertz CT molecular complexity index is 794. The lowest BCUT2D eigenvalue weighted by molar-refractivity contribution is -0.109. The van der Waals surface area contributed by atoms with Crippen LogP contribution in [0.5, 0.6) is 5.75 Å². The standard InChI is InChI=1S/C17H18N4O2S/c1-3-21-11(2)16(24-15(21)10-22)14-7-8-18-17(20-14)19-12-5-4-6-13(23)9-12/h4-10,15,23H,3H2,1-2H3,(H,18,19,20). The number of aromatic nitrogens is 2. The van der Waals surface area contributed by atoms with Crippen molar-refractivity contribution >= 4 is 34.6 Å². The molecule has 0 fully saturated rings. The first-order valence-corrected chi connectivity index (χ1v) is 8.49. The molecule has 1 aromatic heterocycles. The Kier molecular flexibility index (Phi) is 4.71. The number of likely N-dealkylation sites (N-methyl/N-ethyl adjacent to an activating group) is 1. The van der Waals surface area contributed by atoms with Crippen molar-refractivity contribution in [3.63, 3.8) is 0 Å². The van der Waals surface area contributed by atoms with Gasteiger partial charge in [0.05, 0.1) is 10.6 Å². The predicted molar refractivity (Wildman–Crippen MR) is 95.8 cm³/mol. The monoisotopic (exact) mass is 342 g/mol. The van der Waals surface area contributed by atoms with Crippen LogP contribution in [0.2, 0.25) is 0 Å². The first-order valence-electron chi connectivity index (χ1n) is 7.61. The minimum atomic E-state index is -0.206. The molecule has 1 aromatic carbocycles. The maximum atomic E-state index is 11.3. The zero-order chi connectivity index (χ0) is 17.1. The number of hydrogen-bond donors (Lipinski definition) is 2. The molecule has 0 saturated heterocycles. The number of allylic oxidation sites excluding steroid dienone is 1. The Balaban J connectivity index is 1.88. The van der Waals surface area contributed by atoms with Gasteiger partial charge in [-0.15, -0.1) is 0 Å². The summed E-state index contributed by atoms with van der Waals surface area (Å²) in [7, 11) is 0. The largest absolute Gasteiger partial charge is 0.508 e. The summed E-state index contributed by atoms with van der Waals surface area (Å²) >= 11 is 1.50. The van der Waals surface area contributed by atoms with Crippen LogP contribution in [0.1, 0.15) is 19.5 Å². The molecule has 3 rings (SSSR count). The van der Waals surface area contributed by atoms with Gasteiger partial charge in [-0.3, -0.25) is 0 Å². The number of rotatable bonds is 5. The molecule has 1 unspecified atom stereocenters. The molecular weight excluding hydrogens is 324 g/mol. The van der Waals surface area contributed by atoms with Gasteiger partial charge >= 0.3 is 0 Å². The molecule has 7 heteroatoms. The summed E-state index contributed by atoms with van der Waals surface area (Å²) in [5.41, 5.74) is 2.53. The molecule has 1 atom stereocenters. The molecule has 2 aromatic rings. The molecular formula is C17H18N4O2S. The predicted octanol–water partition coefficient (Wildman–Crippen LogP) is 3.21. The number of aldehydes is 1. The van der Waals surface area contributed by atoms with Gasteiger partial charge in [0.1, 0.15) is 11.1 Å². The highest BCUT2D eigenvalue weighted by atomic mass is 32.2. The highest BCUT2D eigenvalue weighted by Gasteiger charge is 2.30. The second kappa shape index (κ2) is 6.92. The molecule has 2 N–H and O–H groups in total. The van der Waals surface area contributed by atoms with E-state index in [0.717, 1.165) is 29.1 Å². The number of carbonyl (C=O) groups excluding carboxylic acids is 1. The summed E-state index contributed by atoms with van der Waals surface area (Å²) in [5, 5.41) is 12.4. The van der Waals surface area contributed by atoms with Crippen LogP contribution in [0.15, 0.2) is 42.2 Å². The third-order valence-corrected chi connectivity index (χ3v) is 5.10. The highest BCUT2D eigenvalue weighted by molar-refractivity contribution is 8.09.